The summed E-state index contributed by atoms with van der Waals surface area (Å²) in [5.41, 5.74) is 3.16. The van der Waals surface area contributed by atoms with E-state index in [-0.39, 0.29) is 6.79 Å². The molecule has 2 aliphatic rings. The number of anilines is 1. The van der Waals surface area contributed by atoms with Crippen molar-refractivity contribution in [2.75, 3.05) is 18.7 Å². The van der Waals surface area contributed by atoms with Crippen LogP contribution in [0.4, 0.5) is 5.95 Å². The van der Waals surface area contributed by atoms with Crippen LogP contribution in [-0.2, 0) is 13.1 Å². The number of aromatic nitrogens is 2. The Kier molecular flexibility index (Phi) is 3.31. The van der Waals surface area contributed by atoms with Crippen LogP contribution in [0, 0.1) is 0 Å². The fourth-order valence-electron chi connectivity index (χ4n) is 3.73. The highest BCUT2D eigenvalue weighted by Crippen LogP contribution is 2.35. The van der Waals surface area contributed by atoms with Gasteiger partial charge in [-0.25, -0.2) is 9.13 Å². The van der Waals surface area contributed by atoms with Gasteiger partial charge in [-0.05, 0) is 29.8 Å². The van der Waals surface area contributed by atoms with Crippen LogP contribution in [0.5, 0.6) is 11.5 Å². The smallest absolute Gasteiger partial charge is 0.358 e. The van der Waals surface area contributed by atoms with Gasteiger partial charge in [0.1, 0.15) is 23.7 Å². The van der Waals surface area contributed by atoms with E-state index in [9.17, 15) is 5.11 Å². The maximum Gasteiger partial charge on any atom is 0.358 e. The van der Waals surface area contributed by atoms with Crippen LogP contribution in [-0.4, -0.2) is 23.0 Å². The van der Waals surface area contributed by atoms with E-state index in [1.54, 1.807) is 0 Å². The maximum atomic E-state index is 10.8. The Morgan fingerprint density at radius 3 is 3.00 bits per heavy atom. The third-order valence-corrected chi connectivity index (χ3v) is 4.95. The number of hydrogen-bond donors (Lipinski definition) is 2. The third kappa shape index (κ3) is 2.33. The normalized spacial score (nSPS) is 16.5. The predicted octanol–water partition coefficient (Wildman–Crippen LogP) is 2.21. The average molecular weight is 338 g/mol. The Labute approximate surface area is 145 Å². The lowest BCUT2D eigenvalue weighted by Gasteiger charge is -2.14. The first-order valence-corrected chi connectivity index (χ1v) is 8.64. The molecule has 6 nitrogen and oxygen atoms in total. The minimum atomic E-state index is -0.626. The van der Waals surface area contributed by atoms with E-state index in [2.05, 4.69) is 32.7 Å². The number of aliphatic hydroxyl groups excluding tert-OH is 1. The van der Waals surface area contributed by atoms with Crippen molar-refractivity contribution in [2.24, 2.45) is 0 Å². The molecule has 0 fully saturated rings. The second-order valence-corrected chi connectivity index (χ2v) is 6.48. The van der Waals surface area contributed by atoms with Crippen LogP contribution in [0.15, 0.2) is 42.5 Å². The summed E-state index contributed by atoms with van der Waals surface area (Å²) >= 11 is 0. The number of benzene rings is 2. The molecule has 0 spiro atoms. The number of para-hydroxylation sites is 2. The molecule has 0 saturated carbocycles. The molecule has 0 saturated heterocycles. The molecule has 3 aromatic rings. The van der Waals surface area contributed by atoms with Gasteiger partial charge in [0, 0.05) is 6.42 Å². The van der Waals surface area contributed by atoms with Crippen LogP contribution in [0.25, 0.3) is 11.0 Å². The first kappa shape index (κ1) is 14.6. The summed E-state index contributed by atoms with van der Waals surface area (Å²) in [6.07, 6.45) is 0.481. The average Bonchev–Trinajstić information content (AvgIpc) is 3.25. The molecule has 1 atom stereocenters. The summed E-state index contributed by atoms with van der Waals surface area (Å²) in [4.78, 5) is 0. The van der Waals surface area contributed by atoms with E-state index in [1.807, 2.05) is 24.3 Å². The molecule has 128 valence electrons. The molecular formula is C19H20N3O3+. The monoisotopic (exact) mass is 338 g/mol. The molecule has 5 rings (SSSR count). The standard InChI is InChI=1S/C19H19N3O3/c23-16(13-6-7-17-18(10-13)25-12-24-17)11-22-15-5-2-1-4-14(15)21-9-3-8-20-19(21)22/h1-2,4-7,10,16,23H,3,8-9,11-12H2/p+1. The number of aliphatic hydroxyl groups is 1. The molecule has 25 heavy (non-hydrogen) atoms. The Morgan fingerprint density at radius 1 is 1.16 bits per heavy atom. The molecule has 1 aromatic heterocycles. The number of ether oxygens (including phenoxy) is 2. The number of imidazole rings is 1. The molecule has 0 amide bonds. The van der Waals surface area contributed by atoms with Crippen molar-refractivity contribution < 1.29 is 19.1 Å². The first-order chi connectivity index (χ1) is 12.3. The zero-order valence-corrected chi connectivity index (χ0v) is 13.8. The highest BCUT2D eigenvalue weighted by molar-refractivity contribution is 5.74. The van der Waals surface area contributed by atoms with Gasteiger partial charge < -0.3 is 14.6 Å². The fourth-order valence-corrected chi connectivity index (χ4v) is 3.73. The molecular weight excluding hydrogens is 318 g/mol. The topological polar surface area (TPSA) is 59.5 Å². The summed E-state index contributed by atoms with van der Waals surface area (Å²) in [5.74, 6) is 2.49. The highest BCUT2D eigenvalue weighted by Gasteiger charge is 2.28. The van der Waals surface area contributed by atoms with Gasteiger partial charge in [0.05, 0.1) is 13.1 Å². The minimum Gasteiger partial charge on any atom is -0.454 e. The van der Waals surface area contributed by atoms with Crippen LogP contribution in [0.2, 0.25) is 0 Å². The fraction of sp³-hybridized carbons (Fsp3) is 0.316. The highest BCUT2D eigenvalue weighted by atomic mass is 16.7. The van der Waals surface area contributed by atoms with E-state index >= 15 is 0 Å². The summed E-state index contributed by atoms with van der Waals surface area (Å²) in [5, 5.41) is 14.3. The molecule has 1 unspecified atom stereocenters. The van der Waals surface area contributed by atoms with Crippen molar-refractivity contribution in [2.45, 2.75) is 25.6 Å². The van der Waals surface area contributed by atoms with Gasteiger partial charge >= 0.3 is 5.95 Å². The number of nitrogens with zero attached hydrogens (tertiary/aromatic N) is 2. The Bertz CT molecular complexity index is 950. The summed E-state index contributed by atoms with van der Waals surface area (Å²) in [6, 6.07) is 14.0. The molecule has 2 aromatic carbocycles. The Balaban J connectivity index is 1.53. The van der Waals surface area contributed by atoms with Crippen LogP contribution >= 0.6 is 0 Å². The summed E-state index contributed by atoms with van der Waals surface area (Å²) in [6.45, 7) is 2.67. The van der Waals surface area contributed by atoms with Crippen molar-refractivity contribution in [1.82, 2.24) is 4.57 Å². The summed E-state index contributed by atoms with van der Waals surface area (Å²) < 4.78 is 15.2. The molecule has 2 N–H and O–H groups in total. The van der Waals surface area contributed by atoms with Gasteiger partial charge in [0.15, 0.2) is 11.5 Å². The number of aryl methyl sites for hydroxylation is 1. The quantitative estimate of drug-likeness (QED) is 0.719. The Hall–Kier alpha value is -2.73. The van der Waals surface area contributed by atoms with E-state index in [0.29, 0.717) is 12.3 Å². The predicted molar refractivity (Wildman–Crippen MR) is 92.8 cm³/mol. The zero-order chi connectivity index (χ0) is 16.8. The number of hydrogen-bond acceptors (Lipinski definition) is 4. The summed E-state index contributed by atoms with van der Waals surface area (Å²) in [7, 11) is 0. The second-order valence-electron chi connectivity index (χ2n) is 6.48. The van der Waals surface area contributed by atoms with Crippen molar-refractivity contribution >= 4 is 17.0 Å². The molecule has 0 bridgehead atoms. The van der Waals surface area contributed by atoms with Crippen molar-refractivity contribution in [1.29, 1.82) is 0 Å². The molecule has 2 aliphatic heterocycles. The van der Waals surface area contributed by atoms with E-state index in [4.69, 9.17) is 9.47 Å². The SMILES string of the molecule is OC(Cn1c2[n+](c3ccccc31)CCCN2)c1ccc2c(c1)OCO2. The van der Waals surface area contributed by atoms with Crippen molar-refractivity contribution in [3.05, 3.63) is 48.0 Å². The van der Waals surface area contributed by atoms with Gasteiger partial charge in [-0.1, -0.05) is 18.2 Å². The molecule has 6 heteroatoms. The first-order valence-electron chi connectivity index (χ1n) is 8.64. The number of rotatable bonds is 3. The minimum absolute atomic E-state index is 0.241. The molecule has 0 radical (unpaired) electrons. The van der Waals surface area contributed by atoms with Gasteiger partial charge in [0.2, 0.25) is 6.79 Å². The second kappa shape index (κ2) is 5.67. The van der Waals surface area contributed by atoms with Crippen molar-refractivity contribution in [3.63, 3.8) is 0 Å². The Morgan fingerprint density at radius 2 is 2.04 bits per heavy atom. The van der Waals surface area contributed by atoms with E-state index < -0.39 is 6.10 Å². The number of nitrogens with one attached hydrogen (secondary N) is 1. The van der Waals surface area contributed by atoms with E-state index in [0.717, 1.165) is 42.3 Å². The van der Waals surface area contributed by atoms with Gasteiger partial charge in [-0.2, -0.15) is 0 Å². The van der Waals surface area contributed by atoms with Crippen LogP contribution in [0.3, 0.4) is 0 Å². The number of fused-ring (bicyclic) bond motifs is 4. The van der Waals surface area contributed by atoms with Gasteiger partial charge in [-0.3, -0.25) is 5.32 Å². The lowest BCUT2D eigenvalue weighted by molar-refractivity contribution is -0.661. The lowest BCUT2D eigenvalue weighted by Crippen LogP contribution is -2.42. The molecule has 3 heterocycles. The molecule has 0 aliphatic carbocycles. The maximum absolute atomic E-state index is 10.8. The third-order valence-electron chi connectivity index (χ3n) is 4.95. The van der Waals surface area contributed by atoms with Gasteiger partial charge in [-0.15, -0.1) is 0 Å². The van der Waals surface area contributed by atoms with Crippen molar-refractivity contribution in [3.8, 4) is 11.5 Å². The lowest BCUT2D eigenvalue weighted by atomic mass is 10.1. The largest absolute Gasteiger partial charge is 0.454 e. The van der Waals surface area contributed by atoms with Crippen LogP contribution in [0.1, 0.15) is 18.1 Å². The zero-order valence-electron chi connectivity index (χ0n) is 13.8. The van der Waals surface area contributed by atoms with Crippen LogP contribution < -0.4 is 19.4 Å². The van der Waals surface area contributed by atoms with E-state index in [1.165, 1.54) is 5.52 Å². The van der Waals surface area contributed by atoms with Gasteiger partial charge in [0.25, 0.3) is 0 Å².